The van der Waals surface area contributed by atoms with Gasteiger partial charge in [0.15, 0.2) is 0 Å². The van der Waals surface area contributed by atoms with Gasteiger partial charge < -0.3 is 9.47 Å². The minimum absolute atomic E-state index is 0.405. The van der Waals surface area contributed by atoms with Gasteiger partial charge in [-0.05, 0) is 32.0 Å². The zero-order valence-corrected chi connectivity index (χ0v) is 18.3. The molecule has 0 aliphatic carbocycles. The number of methoxy groups -OCH3 is 1. The monoisotopic (exact) mass is 424 g/mol. The Morgan fingerprint density at radius 3 is 2.12 bits per heavy atom. The first-order valence-electron chi connectivity index (χ1n) is 10.4. The first kappa shape index (κ1) is 21.3. The molecule has 0 spiro atoms. The normalized spacial score (nSPS) is 18.4. The second kappa shape index (κ2) is 8.68. The molecule has 1 heterocycles. The predicted octanol–water partition coefficient (Wildman–Crippen LogP) is 5.10. The highest BCUT2D eigenvalue weighted by atomic mass is 16.5. The third-order valence-electron chi connectivity index (χ3n) is 5.71. The lowest BCUT2D eigenvalue weighted by molar-refractivity contribution is -0.155. The van der Waals surface area contributed by atoms with Gasteiger partial charge in [0.05, 0.1) is 30.5 Å². The standard InChI is InChI=1S/C27H24N2O3/c1-27(2)23(26(30)31-3)25(21-16-18(17-28)14-15-22(21)32-27)29-24(19-10-6-4-7-11-19)20-12-8-5-9-13-20/h4-16,23,25H,1-3H3/t23-,25?/m1/s1. The molecule has 32 heavy (non-hydrogen) atoms. The molecule has 0 bridgehead atoms. The number of ether oxygens (including phenoxy) is 2. The summed E-state index contributed by atoms with van der Waals surface area (Å²) in [6, 6.07) is 26.5. The van der Waals surface area contributed by atoms with E-state index in [1.165, 1.54) is 7.11 Å². The van der Waals surface area contributed by atoms with Gasteiger partial charge in [-0.15, -0.1) is 0 Å². The Hall–Kier alpha value is -3.91. The van der Waals surface area contributed by atoms with Crippen molar-refractivity contribution in [3.8, 4) is 11.8 Å². The molecule has 1 aliphatic rings. The van der Waals surface area contributed by atoms with Gasteiger partial charge in [0, 0.05) is 16.7 Å². The topological polar surface area (TPSA) is 71.7 Å². The van der Waals surface area contributed by atoms with Gasteiger partial charge in [-0.25, -0.2) is 0 Å². The van der Waals surface area contributed by atoms with Gasteiger partial charge in [-0.2, -0.15) is 5.26 Å². The third kappa shape index (κ3) is 4.00. The highest BCUT2D eigenvalue weighted by molar-refractivity contribution is 6.13. The van der Waals surface area contributed by atoms with Crippen LogP contribution >= 0.6 is 0 Å². The van der Waals surface area contributed by atoms with E-state index in [9.17, 15) is 10.1 Å². The van der Waals surface area contributed by atoms with Crippen LogP contribution < -0.4 is 4.74 Å². The number of nitrogens with zero attached hydrogens (tertiary/aromatic N) is 2. The van der Waals surface area contributed by atoms with Gasteiger partial charge in [0.2, 0.25) is 0 Å². The summed E-state index contributed by atoms with van der Waals surface area (Å²) in [6.07, 6.45) is 0. The third-order valence-corrected chi connectivity index (χ3v) is 5.71. The fourth-order valence-electron chi connectivity index (χ4n) is 4.18. The second-order valence-corrected chi connectivity index (χ2v) is 8.23. The molecule has 0 amide bonds. The molecule has 0 radical (unpaired) electrons. The number of aliphatic imine (C=N–C) groups is 1. The van der Waals surface area contributed by atoms with Crippen molar-refractivity contribution in [3.63, 3.8) is 0 Å². The Morgan fingerprint density at radius 1 is 1.00 bits per heavy atom. The number of rotatable bonds is 4. The van der Waals surface area contributed by atoms with Crippen LogP contribution in [0.3, 0.4) is 0 Å². The first-order valence-corrected chi connectivity index (χ1v) is 10.4. The van der Waals surface area contributed by atoms with Crippen LogP contribution in [0, 0.1) is 17.2 Å². The number of hydrogen-bond donors (Lipinski definition) is 0. The Labute approximate surface area is 188 Å². The van der Waals surface area contributed by atoms with E-state index in [0.717, 1.165) is 16.8 Å². The van der Waals surface area contributed by atoms with Crippen LogP contribution in [-0.4, -0.2) is 24.4 Å². The predicted molar refractivity (Wildman–Crippen MR) is 123 cm³/mol. The summed E-state index contributed by atoms with van der Waals surface area (Å²) in [7, 11) is 1.37. The minimum Gasteiger partial charge on any atom is -0.486 e. The van der Waals surface area contributed by atoms with E-state index in [4.69, 9.17) is 14.5 Å². The Morgan fingerprint density at radius 2 is 1.59 bits per heavy atom. The molecule has 160 valence electrons. The summed E-state index contributed by atoms with van der Waals surface area (Å²) < 4.78 is 11.4. The van der Waals surface area contributed by atoms with E-state index >= 15 is 0 Å². The van der Waals surface area contributed by atoms with Crippen LogP contribution in [0.15, 0.2) is 83.9 Å². The van der Waals surface area contributed by atoms with Crippen LogP contribution in [0.4, 0.5) is 0 Å². The molecule has 1 unspecified atom stereocenters. The van der Waals surface area contributed by atoms with Gasteiger partial charge in [-0.3, -0.25) is 9.79 Å². The van der Waals surface area contributed by atoms with Crippen molar-refractivity contribution < 1.29 is 14.3 Å². The molecular weight excluding hydrogens is 400 g/mol. The average Bonchev–Trinajstić information content (AvgIpc) is 2.82. The molecule has 0 aromatic heterocycles. The molecule has 5 nitrogen and oxygen atoms in total. The second-order valence-electron chi connectivity index (χ2n) is 8.23. The van der Waals surface area contributed by atoms with E-state index in [1.807, 2.05) is 74.5 Å². The number of nitriles is 1. The van der Waals surface area contributed by atoms with Crippen molar-refractivity contribution >= 4 is 11.7 Å². The zero-order chi connectivity index (χ0) is 22.7. The van der Waals surface area contributed by atoms with Crippen LogP contribution in [0.1, 0.15) is 42.1 Å². The van der Waals surface area contributed by atoms with Crippen molar-refractivity contribution in [1.29, 1.82) is 5.26 Å². The van der Waals surface area contributed by atoms with Gasteiger partial charge >= 0.3 is 5.97 Å². The van der Waals surface area contributed by atoms with Crippen molar-refractivity contribution in [2.75, 3.05) is 7.11 Å². The smallest absolute Gasteiger partial charge is 0.315 e. The number of esters is 1. The highest BCUT2D eigenvalue weighted by Gasteiger charge is 2.49. The SMILES string of the molecule is COC(=O)[C@H]1C(N=C(c2ccccc2)c2ccccc2)c2cc(C#N)ccc2OC1(C)C. The van der Waals surface area contributed by atoms with Gasteiger partial charge in [0.1, 0.15) is 17.3 Å². The molecule has 3 aromatic carbocycles. The van der Waals surface area contributed by atoms with E-state index in [2.05, 4.69) is 6.07 Å². The maximum absolute atomic E-state index is 13.0. The molecule has 2 atom stereocenters. The Balaban J connectivity index is 1.99. The average molecular weight is 425 g/mol. The van der Waals surface area contributed by atoms with Crippen LogP contribution in [0.2, 0.25) is 0 Å². The number of carbonyl (C=O) groups is 1. The maximum atomic E-state index is 13.0. The van der Waals surface area contributed by atoms with Crippen molar-refractivity contribution in [3.05, 3.63) is 101 Å². The summed E-state index contributed by atoms with van der Waals surface area (Å²) in [4.78, 5) is 18.1. The van der Waals surface area contributed by atoms with Crippen molar-refractivity contribution in [2.24, 2.45) is 10.9 Å². The van der Waals surface area contributed by atoms with Crippen molar-refractivity contribution in [1.82, 2.24) is 0 Å². The number of carbonyl (C=O) groups excluding carboxylic acids is 1. The summed E-state index contributed by atoms with van der Waals surface area (Å²) in [5, 5.41) is 9.47. The number of benzene rings is 3. The van der Waals surface area contributed by atoms with E-state index < -0.39 is 23.5 Å². The summed E-state index contributed by atoms with van der Waals surface area (Å²) in [6.45, 7) is 3.73. The summed E-state index contributed by atoms with van der Waals surface area (Å²) >= 11 is 0. The summed E-state index contributed by atoms with van der Waals surface area (Å²) in [5.41, 5.74) is 2.95. The van der Waals surface area contributed by atoms with E-state index in [-0.39, 0.29) is 0 Å². The fraction of sp³-hybridized carbons (Fsp3) is 0.222. The summed E-state index contributed by atoms with van der Waals surface area (Å²) in [5.74, 6) is -0.489. The fourth-order valence-corrected chi connectivity index (χ4v) is 4.18. The zero-order valence-electron chi connectivity index (χ0n) is 18.3. The van der Waals surface area contributed by atoms with Crippen LogP contribution in [0.25, 0.3) is 0 Å². The number of fused-ring (bicyclic) bond motifs is 1. The van der Waals surface area contributed by atoms with Crippen LogP contribution in [0.5, 0.6) is 5.75 Å². The lowest BCUT2D eigenvalue weighted by atomic mass is 9.78. The highest BCUT2D eigenvalue weighted by Crippen LogP contribution is 2.47. The molecule has 3 aromatic rings. The van der Waals surface area contributed by atoms with Gasteiger partial charge in [0.25, 0.3) is 0 Å². The first-order chi connectivity index (χ1) is 15.4. The van der Waals surface area contributed by atoms with Crippen LogP contribution in [-0.2, 0) is 9.53 Å². The van der Waals surface area contributed by atoms with E-state index in [1.54, 1.807) is 18.2 Å². The lowest BCUT2D eigenvalue weighted by Gasteiger charge is -2.42. The molecule has 4 rings (SSSR count). The quantitative estimate of drug-likeness (QED) is 0.432. The maximum Gasteiger partial charge on any atom is 0.315 e. The van der Waals surface area contributed by atoms with E-state index in [0.29, 0.717) is 16.9 Å². The molecule has 0 saturated heterocycles. The lowest BCUT2D eigenvalue weighted by Crippen LogP contribution is -2.48. The number of hydrogen-bond acceptors (Lipinski definition) is 5. The largest absolute Gasteiger partial charge is 0.486 e. The Bertz CT molecular complexity index is 1150. The minimum atomic E-state index is -0.860. The van der Waals surface area contributed by atoms with Crippen molar-refractivity contribution in [2.45, 2.75) is 25.5 Å². The molecule has 1 aliphatic heterocycles. The molecule has 0 N–H and O–H groups in total. The molecular formula is C27H24N2O3. The Kier molecular flexibility index (Phi) is 5.79. The molecule has 0 fully saturated rings. The molecule has 5 heteroatoms. The molecule has 0 saturated carbocycles. The van der Waals surface area contributed by atoms with Gasteiger partial charge in [-0.1, -0.05) is 60.7 Å².